The van der Waals surface area contributed by atoms with Gasteiger partial charge in [-0.2, -0.15) is 0 Å². The second-order valence-corrected chi connectivity index (χ2v) is 8.33. The summed E-state index contributed by atoms with van der Waals surface area (Å²) in [5.41, 5.74) is -0.490. The Morgan fingerprint density at radius 2 is 2.03 bits per heavy atom. The number of thioether (sulfide) groups is 1. The van der Waals surface area contributed by atoms with Gasteiger partial charge in [-0.15, -0.1) is 10.2 Å². The van der Waals surface area contributed by atoms with E-state index in [0.29, 0.717) is 33.2 Å². The second-order valence-electron chi connectivity index (χ2n) is 6.13. The Morgan fingerprint density at radius 1 is 1.26 bits per heavy atom. The van der Waals surface area contributed by atoms with Crippen molar-refractivity contribution in [1.29, 1.82) is 0 Å². The molecule has 0 radical (unpaired) electrons. The minimum absolute atomic E-state index is 0.146. The van der Waals surface area contributed by atoms with E-state index < -0.39 is 17.5 Å². The molecule has 11 heteroatoms. The standard InChI is InChI=1S/C20H19N3O6S2/c1-3-17(25)21-19-22-23-20(31-19)30-11-14-9-15(24)16(10-27-14)29-18(26)12(2)28-13-7-5-4-6-8-13/h4-10,12H,3,11H2,1-2H3,(H,21,22,25)/t12-/m1/s1. The van der Waals surface area contributed by atoms with Crippen LogP contribution in [0.5, 0.6) is 11.5 Å². The monoisotopic (exact) mass is 461 g/mol. The zero-order valence-electron chi connectivity index (χ0n) is 16.7. The Morgan fingerprint density at radius 3 is 2.74 bits per heavy atom. The van der Waals surface area contributed by atoms with Crippen molar-refractivity contribution in [3.8, 4) is 11.5 Å². The molecule has 3 rings (SSSR count). The van der Waals surface area contributed by atoms with E-state index in [4.69, 9.17) is 13.9 Å². The molecule has 0 saturated heterocycles. The number of hydrogen-bond donors (Lipinski definition) is 1. The van der Waals surface area contributed by atoms with Gasteiger partial charge in [0, 0.05) is 12.5 Å². The van der Waals surface area contributed by atoms with Gasteiger partial charge in [-0.05, 0) is 19.1 Å². The number of aromatic nitrogens is 2. The van der Waals surface area contributed by atoms with Gasteiger partial charge < -0.3 is 19.2 Å². The fourth-order valence-electron chi connectivity index (χ4n) is 2.19. The quantitative estimate of drug-likeness (QED) is 0.290. The number of carbonyl (C=O) groups is 2. The van der Waals surface area contributed by atoms with Crippen molar-refractivity contribution >= 4 is 40.1 Å². The molecule has 0 aliphatic carbocycles. The summed E-state index contributed by atoms with van der Waals surface area (Å²) in [6.45, 7) is 3.27. The fraction of sp³-hybridized carbons (Fsp3) is 0.250. The first-order chi connectivity index (χ1) is 14.9. The van der Waals surface area contributed by atoms with E-state index in [0.717, 1.165) is 6.26 Å². The van der Waals surface area contributed by atoms with E-state index in [2.05, 4.69) is 15.5 Å². The topological polar surface area (TPSA) is 121 Å². The Hall–Kier alpha value is -3.18. The molecule has 0 bridgehead atoms. The van der Waals surface area contributed by atoms with Crippen molar-refractivity contribution in [3.63, 3.8) is 0 Å². The molecule has 1 N–H and O–H groups in total. The molecule has 0 fully saturated rings. The van der Waals surface area contributed by atoms with Crippen LogP contribution in [-0.4, -0.2) is 28.2 Å². The number of ether oxygens (including phenoxy) is 2. The van der Waals surface area contributed by atoms with Crippen LogP contribution in [0.4, 0.5) is 5.13 Å². The van der Waals surface area contributed by atoms with E-state index in [1.54, 1.807) is 31.2 Å². The van der Waals surface area contributed by atoms with E-state index in [9.17, 15) is 14.4 Å². The first-order valence-corrected chi connectivity index (χ1v) is 11.1. The molecular formula is C20H19N3O6S2. The highest BCUT2D eigenvalue weighted by molar-refractivity contribution is 8.00. The Balaban J connectivity index is 1.54. The molecule has 1 atom stereocenters. The molecule has 31 heavy (non-hydrogen) atoms. The van der Waals surface area contributed by atoms with Crippen LogP contribution in [-0.2, 0) is 15.3 Å². The Bertz CT molecular complexity index is 1100. The molecule has 9 nitrogen and oxygen atoms in total. The number of nitrogens with zero attached hydrogens (tertiary/aromatic N) is 2. The highest BCUT2D eigenvalue weighted by atomic mass is 32.2. The van der Waals surface area contributed by atoms with Gasteiger partial charge in [-0.25, -0.2) is 4.79 Å². The van der Waals surface area contributed by atoms with E-state index >= 15 is 0 Å². The number of anilines is 1. The second kappa shape index (κ2) is 10.7. The van der Waals surface area contributed by atoms with Crippen molar-refractivity contribution in [3.05, 3.63) is 58.6 Å². The largest absolute Gasteiger partial charge is 0.479 e. The molecular weight excluding hydrogens is 442 g/mol. The van der Waals surface area contributed by atoms with Crippen LogP contribution in [0, 0.1) is 0 Å². The molecule has 3 aromatic rings. The van der Waals surface area contributed by atoms with Gasteiger partial charge in [0.05, 0.1) is 5.75 Å². The van der Waals surface area contributed by atoms with Gasteiger partial charge in [0.1, 0.15) is 17.8 Å². The highest BCUT2D eigenvalue weighted by Gasteiger charge is 2.19. The van der Waals surface area contributed by atoms with E-state index in [1.165, 1.54) is 36.1 Å². The smallest absolute Gasteiger partial charge is 0.352 e. The summed E-state index contributed by atoms with van der Waals surface area (Å²) < 4.78 is 16.6. The van der Waals surface area contributed by atoms with Crippen LogP contribution in [0.1, 0.15) is 26.0 Å². The molecule has 0 unspecified atom stereocenters. The predicted molar refractivity (Wildman–Crippen MR) is 116 cm³/mol. The molecule has 0 aliphatic rings. The molecule has 0 spiro atoms. The number of nitrogens with one attached hydrogen (secondary N) is 1. The van der Waals surface area contributed by atoms with Crippen molar-refractivity contribution < 1.29 is 23.5 Å². The number of para-hydroxylation sites is 1. The van der Waals surface area contributed by atoms with Crippen LogP contribution in [0.25, 0.3) is 0 Å². The van der Waals surface area contributed by atoms with Crippen LogP contribution in [0.15, 0.2) is 56.2 Å². The highest BCUT2D eigenvalue weighted by Crippen LogP contribution is 2.28. The third-order valence-corrected chi connectivity index (χ3v) is 5.76. The first kappa shape index (κ1) is 22.5. The number of carbonyl (C=O) groups excluding carboxylic acids is 2. The normalized spacial score (nSPS) is 11.5. The summed E-state index contributed by atoms with van der Waals surface area (Å²) in [7, 11) is 0. The average Bonchev–Trinajstić information content (AvgIpc) is 3.21. The van der Waals surface area contributed by atoms with Gasteiger partial charge in [-0.1, -0.05) is 48.2 Å². The lowest BCUT2D eigenvalue weighted by Gasteiger charge is -2.13. The molecule has 2 heterocycles. The number of rotatable bonds is 9. The third-order valence-electron chi connectivity index (χ3n) is 3.76. The molecule has 0 aliphatic heterocycles. The van der Waals surface area contributed by atoms with E-state index in [1.807, 2.05) is 6.07 Å². The van der Waals surface area contributed by atoms with Crippen molar-refractivity contribution in [2.75, 3.05) is 5.32 Å². The lowest BCUT2D eigenvalue weighted by molar-refractivity contribution is -0.141. The number of benzene rings is 1. The number of hydrogen-bond acceptors (Lipinski definition) is 10. The average molecular weight is 462 g/mol. The number of amides is 1. The minimum Gasteiger partial charge on any atom is -0.479 e. The van der Waals surface area contributed by atoms with Crippen LogP contribution >= 0.6 is 23.1 Å². The van der Waals surface area contributed by atoms with Crippen LogP contribution < -0.4 is 20.2 Å². The maximum Gasteiger partial charge on any atom is 0.352 e. The summed E-state index contributed by atoms with van der Waals surface area (Å²) >= 11 is 2.52. The van der Waals surface area contributed by atoms with Crippen LogP contribution in [0.3, 0.4) is 0 Å². The third kappa shape index (κ3) is 6.66. The molecule has 162 valence electrons. The molecule has 1 aromatic carbocycles. The van der Waals surface area contributed by atoms with Gasteiger partial charge >= 0.3 is 5.97 Å². The Kier molecular flexibility index (Phi) is 7.79. The van der Waals surface area contributed by atoms with Crippen LogP contribution in [0.2, 0.25) is 0 Å². The van der Waals surface area contributed by atoms with Crippen molar-refractivity contribution in [2.24, 2.45) is 0 Å². The minimum atomic E-state index is -0.906. The van der Waals surface area contributed by atoms with E-state index in [-0.39, 0.29) is 11.7 Å². The zero-order valence-corrected chi connectivity index (χ0v) is 18.3. The number of esters is 1. The summed E-state index contributed by atoms with van der Waals surface area (Å²) in [4.78, 5) is 35.8. The lowest BCUT2D eigenvalue weighted by atomic mass is 10.3. The summed E-state index contributed by atoms with van der Waals surface area (Å²) in [5.74, 6) is 0.120. The zero-order chi connectivity index (χ0) is 22.2. The molecule has 2 aromatic heterocycles. The maximum atomic E-state index is 12.3. The SMILES string of the molecule is CCC(=O)Nc1nnc(SCc2cc(=O)c(OC(=O)[C@@H](C)Oc3ccccc3)co2)s1. The fourth-order valence-corrected chi connectivity index (χ4v) is 3.85. The maximum absolute atomic E-state index is 12.3. The first-order valence-electron chi connectivity index (χ1n) is 9.26. The van der Waals surface area contributed by atoms with Gasteiger partial charge in [-0.3, -0.25) is 9.59 Å². The molecule has 1 amide bonds. The van der Waals surface area contributed by atoms with Gasteiger partial charge in [0.25, 0.3) is 0 Å². The summed E-state index contributed by atoms with van der Waals surface area (Å²) in [6, 6.07) is 10.1. The lowest BCUT2D eigenvalue weighted by Crippen LogP contribution is -2.29. The Labute approximate surface area is 185 Å². The van der Waals surface area contributed by atoms with Crippen molar-refractivity contribution in [2.45, 2.75) is 36.5 Å². The van der Waals surface area contributed by atoms with Gasteiger partial charge in [0.15, 0.2) is 10.4 Å². The summed E-state index contributed by atoms with van der Waals surface area (Å²) in [6.07, 6.45) is 0.538. The molecule has 0 saturated carbocycles. The van der Waals surface area contributed by atoms with Gasteiger partial charge in [0.2, 0.25) is 22.2 Å². The predicted octanol–water partition coefficient (Wildman–Crippen LogP) is 3.51. The van der Waals surface area contributed by atoms with Crippen molar-refractivity contribution in [1.82, 2.24) is 10.2 Å². The summed E-state index contributed by atoms with van der Waals surface area (Å²) in [5, 5.41) is 10.9.